The number of hydrogen-bond acceptors (Lipinski definition) is 3. The quantitative estimate of drug-likeness (QED) is 0.654. The fourth-order valence-corrected chi connectivity index (χ4v) is 0.783. The molecule has 1 amide bonds. The summed E-state index contributed by atoms with van der Waals surface area (Å²) in [5.74, 6) is -0.104. The first-order valence-corrected chi connectivity index (χ1v) is 4.37. The van der Waals surface area contributed by atoms with E-state index in [0.29, 0.717) is 13.0 Å². The molecule has 0 aromatic heterocycles. The zero-order valence-corrected chi connectivity index (χ0v) is 8.76. The van der Waals surface area contributed by atoms with Crippen molar-refractivity contribution in [1.29, 1.82) is 0 Å². The topological polar surface area (TPSA) is 58.6 Å². The highest BCUT2D eigenvalue weighted by Crippen LogP contribution is 2.11. The summed E-state index contributed by atoms with van der Waals surface area (Å²) >= 11 is 0. The molecule has 13 heavy (non-hydrogen) atoms. The summed E-state index contributed by atoms with van der Waals surface area (Å²) in [6.07, 6.45) is -0.203. The van der Waals surface area contributed by atoms with E-state index in [4.69, 9.17) is 9.84 Å². The maximum absolute atomic E-state index is 11.2. The van der Waals surface area contributed by atoms with Crippen LogP contribution in [0.25, 0.3) is 0 Å². The third-order valence-electron chi connectivity index (χ3n) is 1.73. The largest absolute Gasteiger partial charge is 0.392 e. The molecule has 0 aliphatic heterocycles. The molecule has 0 bridgehead atoms. The molecule has 0 saturated heterocycles. The van der Waals surface area contributed by atoms with Crippen molar-refractivity contribution >= 4 is 5.91 Å². The van der Waals surface area contributed by atoms with Crippen molar-refractivity contribution < 1.29 is 14.6 Å². The Kier molecular flexibility index (Phi) is 4.95. The Morgan fingerprint density at radius 3 is 2.54 bits per heavy atom. The molecule has 0 spiro atoms. The lowest BCUT2D eigenvalue weighted by molar-refractivity contribution is -0.126. The SMILES string of the molecule is COC(C)(C)CC(=O)NCC(C)O. The van der Waals surface area contributed by atoms with Gasteiger partial charge in [0, 0.05) is 13.7 Å². The molecule has 4 nitrogen and oxygen atoms in total. The summed E-state index contributed by atoms with van der Waals surface area (Å²) in [6, 6.07) is 0. The van der Waals surface area contributed by atoms with Gasteiger partial charge in [-0.2, -0.15) is 0 Å². The molecule has 0 saturated carbocycles. The number of methoxy groups -OCH3 is 1. The lowest BCUT2D eigenvalue weighted by Gasteiger charge is -2.22. The van der Waals surface area contributed by atoms with Crippen molar-refractivity contribution in [3.63, 3.8) is 0 Å². The van der Waals surface area contributed by atoms with Crippen LogP contribution in [0.4, 0.5) is 0 Å². The van der Waals surface area contributed by atoms with E-state index in [1.807, 2.05) is 13.8 Å². The zero-order chi connectivity index (χ0) is 10.5. The van der Waals surface area contributed by atoms with Crippen LogP contribution in [0.15, 0.2) is 0 Å². The first-order chi connectivity index (χ1) is 5.87. The van der Waals surface area contributed by atoms with Crippen molar-refractivity contribution in [3.8, 4) is 0 Å². The molecule has 0 rings (SSSR count). The van der Waals surface area contributed by atoms with Crippen LogP contribution in [-0.2, 0) is 9.53 Å². The average molecular weight is 189 g/mol. The highest BCUT2D eigenvalue weighted by atomic mass is 16.5. The van der Waals surface area contributed by atoms with Gasteiger partial charge in [-0.3, -0.25) is 4.79 Å². The van der Waals surface area contributed by atoms with E-state index in [9.17, 15) is 4.79 Å². The molecular formula is C9H19NO3. The number of hydrogen-bond donors (Lipinski definition) is 2. The number of aliphatic hydroxyl groups is 1. The van der Waals surface area contributed by atoms with E-state index in [0.717, 1.165) is 0 Å². The van der Waals surface area contributed by atoms with Crippen LogP contribution in [-0.4, -0.2) is 36.4 Å². The van der Waals surface area contributed by atoms with Gasteiger partial charge in [-0.15, -0.1) is 0 Å². The number of carbonyl (C=O) groups excluding carboxylic acids is 1. The first kappa shape index (κ1) is 12.4. The molecule has 0 aliphatic carbocycles. The van der Waals surface area contributed by atoms with Gasteiger partial charge in [-0.1, -0.05) is 0 Å². The Labute approximate surface area is 79.3 Å². The predicted molar refractivity (Wildman–Crippen MR) is 50.4 cm³/mol. The predicted octanol–water partition coefficient (Wildman–Crippen LogP) is 0.299. The van der Waals surface area contributed by atoms with Crippen molar-refractivity contribution in [1.82, 2.24) is 5.32 Å². The van der Waals surface area contributed by atoms with Gasteiger partial charge in [-0.25, -0.2) is 0 Å². The highest BCUT2D eigenvalue weighted by molar-refractivity contribution is 5.76. The van der Waals surface area contributed by atoms with Crippen LogP contribution in [0.1, 0.15) is 27.2 Å². The normalized spacial score (nSPS) is 13.9. The van der Waals surface area contributed by atoms with Gasteiger partial charge in [0.05, 0.1) is 18.1 Å². The van der Waals surface area contributed by atoms with Crippen LogP contribution in [0.5, 0.6) is 0 Å². The molecule has 0 aromatic carbocycles. The summed E-state index contributed by atoms with van der Waals surface area (Å²) in [5.41, 5.74) is -0.442. The smallest absolute Gasteiger partial charge is 0.222 e. The summed E-state index contributed by atoms with van der Waals surface area (Å²) in [6.45, 7) is 5.60. The molecule has 0 aliphatic rings. The number of rotatable bonds is 5. The number of carbonyl (C=O) groups is 1. The molecule has 0 radical (unpaired) electrons. The average Bonchev–Trinajstić information content (AvgIpc) is 2.00. The summed E-state index contributed by atoms with van der Waals surface area (Å²) in [5, 5.41) is 11.5. The van der Waals surface area contributed by atoms with Gasteiger partial charge in [0.15, 0.2) is 0 Å². The standard InChI is InChI=1S/C9H19NO3/c1-7(11)6-10-8(12)5-9(2,3)13-4/h7,11H,5-6H2,1-4H3,(H,10,12). The van der Waals surface area contributed by atoms with Crippen LogP contribution in [0.2, 0.25) is 0 Å². The molecule has 2 N–H and O–H groups in total. The van der Waals surface area contributed by atoms with Gasteiger partial charge >= 0.3 is 0 Å². The van der Waals surface area contributed by atoms with E-state index in [2.05, 4.69) is 5.32 Å². The van der Waals surface area contributed by atoms with Crippen LogP contribution < -0.4 is 5.32 Å². The number of aliphatic hydroxyl groups excluding tert-OH is 1. The molecule has 4 heteroatoms. The Hall–Kier alpha value is -0.610. The van der Waals surface area contributed by atoms with Crippen molar-refractivity contribution in [2.45, 2.75) is 38.9 Å². The van der Waals surface area contributed by atoms with Crippen molar-refractivity contribution in [2.24, 2.45) is 0 Å². The Bertz CT molecular complexity index is 166. The minimum absolute atomic E-state index is 0.104. The minimum Gasteiger partial charge on any atom is -0.392 e. The fraction of sp³-hybridized carbons (Fsp3) is 0.889. The second-order valence-corrected chi connectivity index (χ2v) is 3.79. The highest BCUT2D eigenvalue weighted by Gasteiger charge is 2.20. The van der Waals surface area contributed by atoms with Gasteiger partial charge in [-0.05, 0) is 20.8 Å². The summed E-state index contributed by atoms with van der Waals surface area (Å²) in [7, 11) is 1.57. The summed E-state index contributed by atoms with van der Waals surface area (Å²) in [4.78, 5) is 11.2. The van der Waals surface area contributed by atoms with E-state index < -0.39 is 11.7 Å². The van der Waals surface area contributed by atoms with E-state index in [1.165, 1.54) is 0 Å². The Morgan fingerprint density at radius 2 is 2.15 bits per heavy atom. The van der Waals surface area contributed by atoms with Crippen LogP contribution in [0, 0.1) is 0 Å². The fourth-order valence-electron chi connectivity index (χ4n) is 0.783. The Balaban J connectivity index is 3.74. The molecule has 0 fully saturated rings. The second kappa shape index (κ2) is 5.19. The molecule has 0 aromatic rings. The maximum atomic E-state index is 11.2. The zero-order valence-electron chi connectivity index (χ0n) is 8.76. The maximum Gasteiger partial charge on any atom is 0.222 e. The van der Waals surface area contributed by atoms with E-state index in [-0.39, 0.29) is 5.91 Å². The van der Waals surface area contributed by atoms with Gasteiger partial charge < -0.3 is 15.2 Å². The van der Waals surface area contributed by atoms with Gasteiger partial charge in [0.2, 0.25) is 5.91 Å². The Morgan fingerprint density at radius 1 is 1.62 bits per heavy atom. The van der Waals surface area contributed by atoms with Gasteiger partial charge in [0.1, 0.15) is 0 Å². The van der Waals surface area contributed by atoms with Crippen molar-refractivity contribution in [3.05, 3.63) is 0 Å². The van der Waals surface area contributed by atoms with Crippen LogP contribution in [0.3, 0.4) is 0 Å². The van der Waals surface area contributed by atoms with Crippen LogP contribution >= 0.6 is 0 Å². The molecule has 78 valence electrons. The van der Waals surface area contributed by atoms with Crippen molar-refractivity contribution in [2.75, 3.05) is 13.7 Å². The third kappa shape index (κ3) is 6.54. The number of nitrogens with one attached hydrogen (secondary N) is 1. The number of ether oxygens (including phenoxy) is 1. The molecule has 1 unspecified atom stereocenters. The lowest BCUT2D eigenvalue weighted by atomic mass is 10.1. The monoisotopic (exact) mass is 189 g/mol. The number of amides is 1. The second-order valence-electron chi connectivity index (χ2n) is 3.79. The molecule has 0 heterocycles. The lowest BCUT2D eigenvalue weighted by Crippen LogP contribution is -2.36. The van der Waals surface area contributed by atoms with E-state index >= 15 is 0 Å². The minimum atomic E-state index is -0.505. The van der Waals surface area contributed by atoms with E-state index in [1.54, 1.807) is 14.0 Å². The molecule has 1 atom stereocenters. The summed E-state index contributed by atoms with van der Waals surface area (Å²) < 4.78 is 5.09. The third-order valence-corrected chi connectivity index (χ3v) is 1.73. The van der Waals surface area contributed by atoms with Gasteiger partial charge in [0.25, 0.3) is 0 Å². The molecular weight excluding hydrogens is 170 g/mol. The first-order valence-electron chi connectivity index (χ1n) is 4.37.